The maximum Gasteiger partial charge on any atom is 0.309 e. The third kappa shape index (κ3) is 6.02. The van der Waals surface area contributed by atoms with Gasteiger partial charge in [-0.3, -0.25) is 19.7 Å². The van der Waals surface area contributed by atoms with Crippen molar-refractivity contribution in [1.82, 2.24) is 5.32 Å². The molecule has 0 saturated carbocycles. The minimum Gasteiger partial charge on any atom is -0.466 e. The molecule has 0 spiro atoms. The number of nitrogens with zero attached hydrogens (tertiary/aromatic N) is 2. The second kappa shape index (κ2) is 10.2. The van der Waals surface area contributed by atoms with Gasteiger partial charge in [0.15, 0.2) is 0 Å². The number of likely N-dealkylation sites (tertiary alicyclic amines) is 1. The van der Waals surface area contributed by atoms with Crippen LogP contribution in [0.15, 0.2) is 24.3 Å². The van der Waals surface area contributed by atoms with E-state index < -0.39 is 4.92 Å². The van der Waals surface area contributed by atoms with Crippen LogP contribution < -0.4 is 5.32 Å². The molecule has 1 saturated heterocycles. The minimum absolute atomic E-state index is 0.0243. The molecule has 154 valence electrons. The van der Waals surface area contributed by atoms with E-state index in [1.54, 1.807) is 12.1 Å². The van der Waals surface area contributed by atoms with Crippen LogP contribution in [-0.2, 0) is 20.9 Å². The number of esters is 1. The molecule has 0 unspecified atom stereocenters. The van der Waals surface area contributed by atoms with Crippen molar-refractivity contribution in [2.45, 2.75) is 39.7 Å². The second-order valence-corrected chi connectivity index (χ2v) is 7.32. The van der Waals surface area contributed by atoms with E-state index in [0.717, 1.165) is 31.5 Å². The van der Waals surface area contributed by atoms with Crippen molar-refractivity contribution >= 4 is 17.6 Å². The lowest BCUT2D eigenvalue weighted by Gasteiger charge is -2.43. The molecule has 0 radical (unpaired) electrons. The molecule has 0 aromatic heterocycles. The zero-order valence-corrected chi connectivity index (χ0v) is 16.7. The molecule has 1 aromatic rings. The Bertz CT molecular complexity index is 682. The second-order valence-electron chi connectivity index (χ2n) is 7.32. The Morgan fingerprint density at radius 1 is 1.21 bits per heavy atom. The van der Waals surface area contributed by atoms with Crippen molar-refractivity contribution in [2.24, 2.45) is 5.92 Å². The number of piperidine rings is 1. The summed E-state index contributed by atoms with van der Waals surface area (Å²) in [6.07, 6.45) is 1.87. The van der Waals surface area contributed by atoms with E-state index in [1.807, 2.05) is 13.8 Å². The number of hydrogen-bond acceptors (Lipinski definition) is 5. The van der Waals surface area contributed by atoms with Crippen LogP contribution in [0.5, 0.6) is 0 Å². The summed E-state index contributed by atoms with van der Waals surface area (Å²) in [5.41, 5.74) is 1.06. The molecule has 0 atom stereocenters. The molecular weight excluding hydrogens is 362 g/mol. The zero-order chi connectivity index (χ0) is 20.6. The predicted molar refractivity (Wildman–Crippen MR) is 104 cm³/mol. The first-order valence-electron chi connectivity index (χ1n) is 9.91. The summed E-state index contributed by atoms with van der Waals surface area (Å²) in [6.45, 7) is 7.61. The third-order valence-corrected chi connectivity index (χ3v) is 5.38. The predicted octanol–water partition coefficient (Wildman–Crippen LogP) is 2.41. The lowest BCUT2D eigenvalue weighted by atomic mass is 9.93. The van der Waals surface area contributed by atoms with Gasteiger partial charge in [0.25, 0.3) is 5.69 Å². The van der Waals surface area contributed by atoms with Crippen molar-refractivity contribution < 1.29 is 23.7 Å². The van der Waals surface area contributed by atoms with E-state index in [2.05, 4.69) is 5.32 Å². The molecule has 8 nitrogen and oxygen atoms in total. The lowest BCUT2D eigenvalue weighted by molar-refractivity contribution is -0.945. The summed E-state index contributed by atoms with van der Waals surface area (Å²) >= 11 is 0. The molecule has 0 aliphatic carbocycles. The smallest absolute Gasteiger partial charge is 0.309 e. The number of nitro benzene ring substituents is 1. The van der Waals surface area contributed by atoms with Gasteiger partial charge in [0, 0.05) is 37.1 Å². The number of hydrogen-bond donors (Lipinski definition) is 1. The minimum atomic E-state index is -0.409. The van der Waals surface area contributed by atoms with Crippen LogP contribution in [0.25, 0.3) is 0 Å². The van der Waals surface area contributed by atoms with Gasteiger partial charge in [-0.15, -0.1) is 0 Å². The van der Waals surface area contributed by atoms with Gasteiger partial charge >= 0.3 is 5.97 Å². The van der Waals surface area contributed by atoms with Crippen LogP contribution in [0.2, 0.25) is 0 Å². The van der Waals surface area contributed by atoms with Gasteiger partial charge in [0.1, 0.15) is 6.54 Å². The SMILES string of the molecule is CCNC(=O)CC[N+]1(Cc2ccc([N+](=O)[O-])cc2)CCC(C(=O)OCC)CC1. The van der Waals surface area contributed by atoms with E-state index >= 15 is 0 Å². The van der Waals surface area contributed by atoms with E-state index in [9.17, 15) is 19.7 Å². The molecule has 1 fully saturated rings. The first kappa shape index (κ1) is 21.8. The number of nitrogens with one attached hydrogen (secondary N) is 1. The van der Waals surface area contributed by atoms with E-state index in [4.69, 9.17) is 4.74 Å². The highest BCUT2D eigenvalue weighted by Gasteiger charge is 2.37. The van der Waals surface area contributed by atoms with E-state index in [-0.39, 0.29) is 23.5 Å². The summed E-state index contributed by atoms with van der Waals surface area (Å²) < 4.78 is 5.86. The zero-order valence-electron chi connectivity index (χ0n) is 16.7. The van der Waals surface area contributed by atoms with Gasteiger partial charge < -0.3 is 14.5 Å². The number of carbonyl (C=O) groups excluding carboxylic acids is 2. The highest BCUT2D eigenvalue weighted by molar-refractivity contribution is 5.75. The highest BCUT2D eigenvalue weighted by atomic mass is 16.6. The number of ether oxygens (including phenoxy) is 1. The Hall–Kier alpha value is -2.48. The van der Waals surface area contributed by atoms with Gasteiger partial charge in [0.05, 0.1) is 43.5 Å². The first-order chi connectivity index (χ1) is 13.4. The number of nitro groups is 1. The van der Waals surface area contributed by atoms with Crippen molar-refractivity contribution in [3.8, 4) is 0 Å². The molecule has 1 N–H and O–H groups in total. The van der Waals surface area contributed by atoms with Crippen LogP contribution in [-0.4, -0.2) is 54.1 Å². The highest BCUT2D eigenvalue weighted by Crippen LogP contribution is 2.28. The number of rotatable bonds is 9. The molecule has 1 aromatic carbocycles. The average molecular weight is 392 g/mol. The van der Waals surface area contributed by atoms with Gasteiger partial charge in [-0.1, -0.05) is 0 Å². The van der Waals surface area contributed by atoms with Crippen molar-refractivity contribution in [1.29, 1.82) is 0 Å². The first-order valence-corrected chi connectivity index (χ1v) is 9.91. The van der Waals surface area contributed by atoms with Gasteiger partial charge in [-0.05, 0) is 26.0 Å². The molecule has 28 heavy (non-hydrogen) atoms. The molecule has 1 amide bonds. The quantitative estimate of drug-likeness (QED) is 0.301. The van der Waals surface area contributed by atoms with E-state index in [1.165, 1.54) is 12.1 Å². The fourth-order valence-corrected chi connectivity index (χ4v) is 3.81. The van der Waals surface area contributed by atoms with Crippen LogP contribution >= 0.6 is 0 Å². The largest absolute Gasteiger partial charge is 0.466 e. The standard InChI is InChI=1S/C20H29N3O5/c1-3-21-19(24)11-14-23(12-9-17(10-13-23)20(25)28-4-2)15-16-5-7-18(8-6-16)22(26)27/h5-8,17H,3-4,9-15H2,1-2H3/p+1. The number of amides is 1. The van der Waals surface area contributed by atoms with Crippen LogP contribution in [0.4, 0.5) is 5.69 Å². The Kier molecular flexibility index (Phi) is 7.92. The average Bonchev–Trinajstić information content (AvgIpc) is 2.68. The summed E-state index contributed by atoms with van der Waals surface area (Å²) in [6, 6.07) is 6.59. The van der Waals surface area contributed by atoms with E-state index in [0.29, 0.717) is 37.1 Å². The lowest BCUT2D eigenvalue weighted by Crippen LogP contribution is -2.54. The summed E-state index contributed by atoms with van der Waals surface area (Å²) in [7, 11) is 0. The fraction of sp³-hybridized carbons (Fsp3) is 0.600. The van der Waals surface area contributed by atoms with Crippen LogP contribution in [0.3, 0.4) is 0 Å². The maximum atomic E-state index is 12.1. The number of quaternary nitrogens is 1. The Balaban J connectivity index is 2.09. The monoisotopic (exact) mass is 392 g/mol. The number of benzene rings is 1. The fourth-order valence-electron chi connectivity index (χ4n) is 3.81. The Morgan fingerprint density at radius 2 is 1.86 bits per heavy atom. The summed E-state index contributed by atoms with van der Waals surface area (Å²) in [4.78, 5) is 34.5. The van der Waals surface area contributed by atoms with Gasteiger partial charge in [-0.25, -0.2) is 0 Å². The van der Waals surface area contributed by atoms with Gasteiger partial charge in [-0.2, -0.15) is 0 Å². The molecule has 8 heteroatoms. The Morgan fingerprint density at radius 3 is 2.39 bits per heavy atom. The summed E-state index contributed by atoms with van der Waals surface area (Å²) in [5.74, 6) is -0.205. The number of carbonyl (C=O) groups is 2. The maximum absolute atomic E-state index is 12.1. The van der Waals surface area contributed by atoms with Crippen molar-refractivity contribution in [3.63, 3.8) is 0 Å². The van der Waals surface area contributed by atoms with Crippen molar-refractivity contribution in [2.75, 3.05) is 32.8 Å². The molecule has 1 aliphatic rings. The molecule has 1 heterocycles. The molecule has 1 aliphatic heterocycles. The van der Waals surface area contributed by atoms with Gasteiger partial charge in [0.2, 0.25) is 5.91 Å². The molecular formula is C20H30N3O5+. The van der Waals surface area contributed by atoms with Crippen molar-refractivity contribution in [3.05, 3.63) is 39.9 Å². The normalized spacial score (nSPS) is 21.7. The topological polar surface area (TPSA) is 98.5 Å². The number of non-ortho nitro benzene ring substituents is 1. The Labute approximate surface area is 165 Å². The van der Waals surface area contributed by atoms with Crippen LogP contribution in [0.1, 0.15) is 38.7 Å². The van der Waals surface area contributed by atoms with Crippen LogP contribution in [0, 0.1) is 16.0 Å². The molecule has 2 rings (SSSR count). The third-order valence-electron chi connectivity index (χ3n) is 5.38. The summed E-state index contributed by atoms with van der Waals surface area (Å²) in [5, 5.41) is 13.7. The molecule has 0 bridgehead atoms.